The molecule has 0 bridgehead atoms. The lowest BCUT2D eigenvalue weighted by atomic mass is 10.1. The molecule has 1 aliphatic rings. The van der Waals surface area contributed by atoms with Crippen molar-refractivity contribution in [1.82, 2.24) is 24.8 Å². The molecule has 3 heterocycles. The number of carbonyl (C=O) groups is 1. The Balaban J connectivity index is 1.40. The topological polar surface area (TPSA) is 110 Å². The second kappa shape index (κ2) is 9.83. The number of aryl methyl sites for hydroxylation is 1. The maximum Gasteiger partial charge on any atom is 0.251 e. The van der Waals surface area contributed by atoms with E-state index in [1.807, 2.05) is 46.0 Å². The van der Waals surface area contributed by atoms with E-state index < -0.39 is 9.84 Å². The van der Waals surface area contributed by atoms with Gasteiger partial charge in [0.05, 0.1) is 28.9 Å². The van der Waals surface area contributed by atoms with E-state index in [0.29, 0.717) is 47.7 Å². The SMILES string of the molecule is O=C(NCCCn1ccnc1)c1ccc2nc(N3CCS(=O)(=O)CC3)c(-c3ccccc3)nc2c1. The van der Waals surface area contributed by atoms with Crippen LogP contribution in [0.4, 0.5) is 5.82 Å². The molecule has 2 aromatic carbocycles. The van der Waals surface area contributed by atoms with Crippen LogP contribution in [-0.4, -0.2) is 65.0 Å². The molecule has 0 unspecified atom stereocenters. The van der Waals surface area contributed by atoms with Crippen LogP contribution in [0.5, 0.6) is 0 Å². The first-order valence-electron chi connectivity index (χ1n) is 11.5. The monoisotopic (exact) mass is 490 g/mol. The van der Waals surface area contributed by atoms with Crippen LogP contribution in [0.25, 0.3) is 22.3 Å². The number of rotatable bonds is 7. The van der Waals surface area contributed by atoms with Crippen molar-refractivity contribution in [2.45, 2.75) is 13.0 Å². The molecular formula is C25H26N6O3S. The lowest BCUT2D eigenvalue weighted by molar-refractivity contribution is 0.0953. The van der Waals surface area contributed by atoms with Gasteiger partial charge in [-0.25, -0.2) is 23.4 Å². The number of fused-ring (bicyclic) bond motifs is 1. The first-order valence-corrected chi connectivity index (χ1v) is 13.4. The van der Waals surface area contributed by atoms with Crippen molar-refractivity contribution in [1.29, 1.82) is 0 Å². The summed E-state index contributed by atoms with van der Waals surface area (Å²) in [5.41, 5.74) is 3.35. The molecule has 1 amide bonds. The third-order valence-corrected chi connectivity index (χ3v) is 7.65. The van der Waals surface area contributed by atoms with Crippen molar-refractivity contribution in [2.75, 3.05) is 36.0 Å². The molecule has 1 N–H and O–H groups in total. The number of benzene rings is 2. The highest BCUT2D eigenvalue weighted by atomic mass is 32.2. The highest BCUT2D eigenvalue weighted by Crippen LogP contribution is 2.30. The Kier molecular flexibility index (Phi) is 6.45. The van der Waals surface area contributed by atoms with Crippen molar-refractivity contribution in [3.05, 3.63) is 72.8 Å². The molecule has 5 rings (SSSR count). The lowest BCUT2D eigenvalue weighted by Crippen LogP contribution is -2.41. The molecule has 180 valence electrons. The quantitative estimate of drug-likeness (QED) is 0.397. The van der Waals surface area contributed by atoms with Crippen LogP contribution >= 0.6 is 0 Å². The third-order valence-electron chi connectivity index (χ3n) is 6.04. The fraction of sp³-hybridized carbons (Fsp3) is 0.280. The van der Waals surface area contributed by atoms with Crippen LogP contribution in [0.2, 0.25) is 0 Å². The summed E-state index contributed by atoms with van der Waals surface area (Å²) in [5, 5.41) is 2.96. The molecule has 0 aliphatic carbocycles. The van der Waals surface area contributed by atoms with Gasteiger partial charge in [0, 0.05) is 49.7 Å². The third kappa shape index (κ3) is 5.32. The summed E-state index contributed by atoms with van der Waals surface area (Å²) in [4.78, 5) is 28.5. The summed E-state index contributed by atoms with van der Waals surface area (Å²) in [6.45, 7) is 2.08. The normalized spacial score (nSPS) is 15.3. The van der Waals surface area contributed by atoms with Gasteiger partial charge in [-0.1, -0.05) is 30.3 Å². The second-order valence-corrected chi connectivity index (χ2v) is 10.8. The number of imidazole rings is 1. The van der Waals surface area contributed by atoms with Crippen LogP contribution in [0.1, 0.15) is 16.8 Å². The van der Waals surface area contributed by atoms with Gasteiger partial charge in [-0.05, 0) is 24.6 Å². The minimum atomic E-state index is -3.02. The Morgan fingerprint density at radius 3 is 2.54 bits per heavy atom. The molecule has 0 saturated carbocycles. The first kappa shape index (κ1) is 23.0. The standard InChI is InChI=1S/C25H26N6O3S/c32-25(27-9-4-11-30-12-10-26-18-30)20-7-8-21-22(17-20)28-23(19-5-2-1-3-6-19)24(29-21)31-13-15-35(33,34)16-14-31/h1-3,5-8,10,12,17-18H,4,9,11,13-16H2,(H,27,32). The summed E-state index contributed by atoms with van der Waals surface area (Å²) in [7, 11) is -3.02. The molecular weight excluding hydrogens is 464 g/mol. The van der Waals surface area contributed by atoms with Gasteiger partial charge in [-0.15, -0.1) is 0 Å². The zero-order valence-electron chi connectivity index (χ0n) is 19.2. The van der Waals surface area contributed by atoms with Crippen molar-refractivity contribution >= 4 is 32.6 Å². The Morgan fingerprint density at radius 1 is 1.00 bits per heavy atom. The van der Waals surface area contributed by atoms with Gasteiger partial charge < -0.3 is 14.8 Å². The Morgan fingerprint density at radius 2 is 1.80 bits per heavy atom. The lowest BCUT2D eigenvalue weighted by Gasteiger charge is -2.29. The van der Waals surface area contributed by atoms with Crippen LogP contribution in [0.15, 0.2) is 67.3 Å². The molecule has 1 aliphatic heterocycles. The summed E-state index contributed by atoms with van der Waals surface area (Å²) in [5.74, 6) is 0.697. The van der Waals surface area contributed by atoms with Gasteiger partial charge in [0.1, 0.15) is 5.69 Å². The highest BCUT2D eigenvalue weighted by molar-refractivity contribution is 7.91. The van der Waals surface area contributed by atoms with E-state index in [4.69, 9.17) is 9.97 Å². The smallest absolute Gasteiger partial charge is 0.251 e. The van der Waals surface area contributed by atoms with E-state index in [2.05, 4.69) is 10.3 Å². The van der Waals surface area contributed by atoms with Gasteiger partial charge in [0.2, 0.25) is 0 Å². The van der Waals surface area contributed by atoms with Gasteiger partial charge in [0.15, 0.2) is 15.7 Å². The van der Waals surface area contributed by atoms with Crippen molar-refractivity contribution in [2.24, 2.45) is 0 Å². The molecule has 4 aromatic rings. The number of carbonyl (C=O) groups excluding carboxylic acids is 1. The number of sulfone groups is 1. The predicted molar refractivity (Wildman–Crippen MR) is 135 cm³/mol. The van der Waals surface area contributed by atoms with Crippen molar-refractivity contribution < 1.29 is 13.2 Å². The van der Waals surface area contributed by atoms with Crippen molar-refractivity contribution in [3.8, 4) is 11.3 Å². The van der Waals surface area contributed by atoms with Crippen LogP contribution in [-0.2, 0) is 16.4 Å². The molecule has 10 heteroatoms. The van der Waals surface area contributed by atoms with Gasteiger partial charge in [0.25, 0.3) is 5.91 Å². The van der Waals surface area contributed by atoms with Gasteiger partial charge in [-0.3, -0.25) is 4.79 Å². The van der Waals surface area contributed by atoms with E-state index in [1.165, 1.54) is 0 Å². The zero-order valence-corrected chi connectivity index (χ0v) is 20.0. The number of aromatic nitrogens is 4. The molecule has 9 nitrogen and oxygen atoms in total. The number of hydrogen-bond acceptors (Lipinski definition) is 7. The molecule has 0 atom stereocenters. The maximum absolute atomic E-state index is 12.7. The van der Waals surface area contributed by atoms with E-state index in [-0.39, 0.29) is 17.4 Å². The number of hydrogen-bond donors (Lipinski definition) is 1. The summed E-state index contributed by atoms with van der Waals surface area (Å²) in [6.07, 6.45) is 6.18. The fourth-order valence-corrected chi connectivity index (χ4v) is 5.31. The van der Waals surface area contributed by atoms with Crippen LogP contribution < -0.4 is 10.2 Å². The molecule has 1 saturated heterocycles. The zero-order chi connectivity index (χ0) is 24.3. The Labute approximate surface area is 203 Å². The predicted octanol–water partition coefficient (Wildman–Crippen LogP) is 2.55. The Hall–Kier alpha value is -3.79. The number of amides is 1. The van der Waals surface area contributed by atoms with E-state index in [9.17, 15) is 13.2 Å². The van der Waals surface area contributed by atoms with E-state index in [1.54, 1.807) is 30.7 Å². The molecule has 35 heavy (non-hydrogen) atoms. The minimum absolute atomic E-state index is 0.0981. The maximum atomic E-state index is 12.7. The van der Waals surface area contributed by atoms with Crippen LogP contribution in [0.3, 0.4) is 0 Å². The summed E-state index contributed by atoms with van der Waals surface area (Å²) in [6, 6.07) is 15.0. The largest absolute Gasteiger partial charge is 0.353 e. The number of nitrogens with zero attached hydrogens (tertiary/aromatic N) is 5. The van der Waals surface area contributed by atoms with Crippen LogP contribution in [0, 0.1) is 0 Å². The van der Waals surface area contributed by atoms with Crippen molar-refractivity contribution in [3.63, 3.8) is 0 Å². The average Bonchev–Trinajstić information content (AvgIpc) is 3.40. The summed E-state index contributed by atoms with van der Waals surface area (Å²) < 4.78 is 25.9. The molecule has 0 radical (unpaired) electrons. The Bertz CT molecular complexity index is 1430. The molecule has 2 aromatic heterocycles. The first-order chi connectivity index (χ1) is 17.0. The van der Waals surface area contributed by atoms with E-state index in [0.717, 1.165) is 18.5 Å². The second-order valence-electron chi connectivity index (χ2n) is 8.51. The number of nitrogens with one attached hydrogen (secondary N) is 1. The van der Waals surface area contributed by atoms with E-state index >= 15 is 0 Å². The highest BCUT2D eigenvalue weighted by Gasteiger charge is 2.25. The number of anilines is 1. The fourth-order valence-electron chi connectivity index (χ4n) is 4.11. The summed E-state index contributed by atoms with van der Waals surface area (Å²) >= 11 is 0. The van der Waals surface area contributed by atoms with Gasteiger partial charge in [-0.2, -0.15) is 0 Å². The average molecular weight is 491 g/mol. The van der Waals surface area contributed by atoms with Gasteiger partial charge >= 0.3 is 0 Å². The molecule has 0 spiro atoms. The minimum Gasteiger partial charge on any atom is -0.353 e. The molecule has 1 fully saturated rings.